The van der Waals surface area contributed by atoms with Gasteiger partial charge in [-0.05, 0) is 48.1 Å². The molecule has 1 N–H and O–H groups in total. The average molecular weight is 351 g/mol. The fourth-order valence-electron chi connectivity index (χ4n) is 2.64. The topological polar surface area (TPSA) is 38.3 Å². The zero-order valence-electron chi connectivity index (χ0n) is 14.4. The second kappa shape index (κ2) is 7.99. The lowest BCUT2D eigenvalue weighted by Crippen LogP contribution is -2.25. The number of ether oxygens (including phenoxy) is 1. The Morgan fingerprint density at radius 2 is 1.76 bits per heavy atom. The minimum atomic E-state index is -0.0147. The smallest absolute Gasteiger partial charge is 0.261 e. The van der Waals surface area contributed by atoms with Crippen molar-refractivity contribution in [2.45, 2.75) is 13.3 Å². The highest BCUT2D eigenvalue weighted by Gasteiger charge is 2.14. The number of hydrogen-bond acceptors (Lipinski definition) is 3. The largest absolute Gasteiger partial charge is 0.497 e. The van der Waals surface area contributed by atoms with Gasteiger partial charge in [-0.15, -0.1) is 11.3 Å². The number of carbonyl (C=O) groups is 1. The van der Waals surface area contributed by atoms with E-state index in [9.17, 15) is 4.79 Å². The highest BCUT2D eigenvalue weighted by Crippen LogP contribution is 2.28. The molecule has 3 rings (SSSR count). The van der Waals surface area contributed by atoms with Crippen LogP contribution in [-0.4, -0.2) is 19.6 Å². The van der Waals surface area contributed by atoms with Gasteiger partial charge in [0.2, 0.25) is 0 Å². The van der Waals surface area contributed by atoms with Crippen LogP contribution < -0.4 is 10.1 Å². The predicted octanol–water partition coefficient (Wildman–Crippen LogP) is 4.70. The van der Waals surface area contributed by atoms with Gasteiger partial charge >= 0.3 is 0 Å². The molecule has 3 nitrogen and oxygen atoms in total. The Balaban J connectivity index is 1.62. The first kappa shape index (κ1) is 17.2. The first-order chi connectivity index (χ1) is 12.2. The van der Waals surface area contributed by atoms with E-state index >= 15 is 0 Å². The molecular formula is C21H21NO2S. The van der Waals surface area contributed by atoms with Gasteiger partial charge in [0.25, 0.3) is 5.91 Å². The number of amides is 1. The van der Waals surface area contributed by atoms with E-state index in [1.807, 2.05) is 35.7 Å². The summed E-state index contributed by atoms with van der Waals surface area (Å²) in [6, 6.07) is 18.2. The summed E-state index contributed by atoms with van der Waals surface area (Å²) >= 11 is 1.48. The summed E-state index contributed by atoms with van der Waals surface area (Å²) < 4.78 is 5.16. The standard InChI is InChI=1S/C21H21NO2S/c1-15-3-7-17(8-4-15)19-12-14-25-20(19)21(23)22-13-11-16-5-9-18(24-2)10-6-16/h3-10,12,14H,11,13H2,1-2H3,(H,22,23). The third-order valence-corrected chi connectivity index (χ3v) is 5.01. The molecule has 0 saturated carbocycles. The van der Waals surface area contributed by atoms with Crippen LogP contribution in [0.4, 0.5) is 0 Å². The monoisotopic (exact) mass is 351 g/mol. The van der Waals surface area contributed by atoms with Crippen LogP contribution >= 0.6 is 11.3 Å². The summed E-state index contributed by atoms with van der Waals surface area (Å²) in [5.74, 6) is 0.827. The second-order valence-corrected chi connectivity index (χ2v) is 6.80. The summed E-state index contributed by atoms with van der Waals surface area (Å²) in [6.07, 6.45) is 0.793. The molecule has 0 aliphatic rings. The van der Waals surface area contributed by atoms with Crippen molar-refractivity contribution < 1.29 is 9.53 Å². The second-order valence-electron chi connectivity index (χ2n) is 5.88. The Morgan fingerprint density at radius 3 is 2.44 bits per heavy atom. The van der Waals surface area contributed by atoms with Crippen LogP contribution in [0.1, 0.15) is 20.8 Å². The van der Waals surface area contributed by atoms with E-state index in [1.54, 1.807) is 7.11 Å². The number of aryl methyl sites for hydroxylation is 1. The molecule has 0 aliphatic carbocycles. The Kier molecular flexibility index (Phi) is 5.51. The van der Waals surface area contributed by atoms with E-state index < -0.39 is 0 Å². The van der Waals surface area contributed by atoms with Crippen LogP contribution in [-0.2, 0) is 6.42 Å². The molecule has 2 aromatic carbocycles. The van der Waals surface area contributed by atoms with Crippen molar-refractivity contribution >= 4 is 17.2 Å². The molecule has 1 heterocycles. The number of thiophene rings is 1. The van der Waals surface area contributed by atoms with Crippen LogP contribution in [0, 0.1) is 6.92 Å². The van der Waals surface area contributed by atoms with Crippen LogP contribution in [0.2, 0.25) is 0 Å². The summed E-state index contributed by atoms with van der Waals surface area (Å²) in [7, 11) is 1.65. The maximum atomic E-state index is 12.5. The number of methoxy groups -OCH3 is 1. The van der Waals surface area contributed by atoms with Crippen molar-refractivity contribution in [2.24, 2.45) is 0 Å². The molecule has 0 fully saturated rings. The minimum absolute atomic E-state index is 0.0147. The van der Waals surface area contributed by atoms with Gasteiger partial charge in [0.05, 0.1) is 12.0 Å². The molecule has 128 valence electrons. The molecule has 0 atom stereocenters. The maximum absolute atomic E-state index is 12.5. The van der Waals surface area contributed by atoms with Gasteiger partial charge in [0, 0.05) is 12.1 Å². The van der Waals surface area contributed by atoms with Gasteiger partial charge in [0.1, 0.15) is 5.75 Å². The number of carbonyl (C=O) groups excluding carboxylic acids is 1. The maximum Gasteiger partial charge on any atom is 0.261 e. The minimum Gasteiger partial charge on any atom is -0.497 e. The molecule has 1 aromatic heterocycles. The van der Waals surface area contributed by atoms with Gasteiger partial charge in [-0.3, -0.25) is 4.79 Å². The zero-order valence-corrected chi connectivity index (χ0v) is 15.2. The van der Waals surface area contributed by atoms with E-state index in [1.165, 1.54) is 22.5 Å². The van der Waals surface area contributed by atoms with E-state index in [4.69, 9.17) is 4.74 Å². The average Bonchev–Trinajstić information content (AvgIpc) is 3.13. The van der Waals surface area contributed by atoms with Crippen molar-refractivity contribution in [1.82, 2.24) is 5.32 Å². The SMILES string of the molecule is COc1ccc(CCNC(=O)c2sccc2-c2ccc(C)cc2)cc1. The van der Waals surface area contributed by atoms with E-state index in [0.717, 1.165) is 28.2 Å². The third kappa shape index (κ3) is 4.28. The molecule has 3 aromatic rings. The highest BCUT2D eigenvalue weighted by molar-refractivity contribution is 7.12. The first-order valence-corrected chi connectivity index (χ1v) is 9.11. The van der Waals surface area contributed by atoms with Crippen molar-refractivity contribution in [3.63, 3.8) is 0 Å². The van der Waals surface area contributed by atoms with Crippen molar-refractivity contribution in [2.75, 3.05) is 13.7 Å². The number of nitrogens with one attached hydrogen (secondary N) is 1. The summed E-state index contributed by atoms with van der Waals surface area (Å²) in [6.45, 7) is 2.67. The first-order valence-electron chi connectivity index (χ1n) is 8.23. The quantitative estimate of drug-likeness (QED) is 0.699. The van der Waals surface area contributed by atoms with E-state index in [2.05, 4.69) is 36.5 Å². The van der Waals surface area contributed by atoms with Crippen molar-refractivity contribution in [3.05, 3.63) is 76.0 Å². The lowest BCUT2D eigenvalue weighted by Gasteiger charge is -2.07. The van der Waals surface area contributed by atoms with Gasteiger partial charge in [0.15, 0.2) is 0 Å². The molecular weight excluding hydrogens is 330 g/mol. The van der Waals surface area contributed by atoms with Crippen molar-refractivity contribution in [3.8, 4) is 16.9 Å². The Labute approximate surface area is 152 Å². The summed E-state index contributed by atoms with van der Waals surface area (Å²) in [5, 5.41) is 4.99. The zero-order chi connectivity index (χ0) is 17.6. The van der Waals surface area contributed by atoms with Gasteiger partial charge < -0.3 is 10.1 Å². The van der Waals surface area contributed by atoms with Crippen LogP contribution in [0.3, 0.4) is 0 Å². The predicted molar refractivity (Wildman–Crippen MR) is 104 cm³/mol. The van der Waals surface area contributed by atoms with Crippen LogP contribution in [0.15, 0.2) is 60.0 Å². The van der Waals surface area contributed by atoms with E-state index in [0.29, 0.717) is 6.54 Å². The third-order valence-electron chi connectivity index (χ3n) is 4.09. The van der Waals surface area contributed by atoms with Gasteiger partial charge in [-0.1, -0.05) is 42.0 Å². The molecule has 0 radical (unpaired) electrons. The lowest BCUT2D eigenvalue weighted by molar-refractivity contribution is 0.0959. The van der Waals surface area contributed by atoms with Gasteiger partial charge in [-0.2, -0.15) is 0 Å². The van der Waals surface area contributed by atoms with Crippen LogP contribution in [0.25, 0.3) is 11.1 Å². The molecule has 0 unspecified atom stereocenters. The molecule has 0 aliphatic heterocycles. The Morgan fingerprint density at radius 1 is 1.04 bits per heavy atom. The summed E-state index contributed by atoms with van der Waals surface area (Å²) in [5.41, 5.74) is 4.45. The Bertz CT molecular complexity index is 835. The Hall–Kier alpha value is -2.59. The summed E-state index contributed by atoms with van der Waals surface area (Å²) in [4.78, 5) is 13.3. The molecule has 0 spiro atoms. The number of hydrogen-bond donors (Lipinski definition) is 1. The fourth-order valence-corrected chi connectivity index (χ4v) is 3.47. The molecule has 0 bridgehead atoms. The molecule has 1 amide bonds. The van der Waals surface area contributed by atoms with Gasteiger partial charge in [-0.25, -0.2) is 0 Å². The molecule has 25 heavy (non-hydrogen) atoms. The number of rotatable bonds is 6. The molecule has 4 heteroatoms. The van der Waals surface area contributed by atoms with E-state index in [-0.39, 0.29) is 5.91 Å². The normalized spacial score (nSPS) is 10.5. The highest BCUT2D eigenvalue weighted by atomic mass is 32.1. The van der Waals surface area contributed by atoms with Crippen LogP contribution in [0.5, 0.6) is 5.75 Å². The number of benzene rings is 2. The van der Waals surface area contributed by atoms with Crippen molar-refractivity contribution in [1.29, 1.82) is 0 Å². The molecule has 0 saturated heterocycles. The fraction of sp³-hybridized carbons (Fsp3) is 0.190. The lowest BCUT2D eigenvalue weighted by atomic mass is 10.0.